The average Bonchev–Trinajstić information content (AvgIpc) is 2.24. The van der Waals surface area contributed by atoms with Crippen molar-refractivity contribution in [1.82, 2.24) is 5.32 Å². The van der Waals surface area contributed by atoms with E-state index in [9.17, 15) is 4.79 Å². The first-order valence-electron chi connectivity index (χ1n) is 5.88. The maximum absolute atomic E-state index is 11.7. The Labute approximate surface area is 123 Å². The van der Waals surface area contributed by atoms with Crippen molar-refractivity contribution in [1.29, 1.82) is 0 Å². The largest absolute Gasteiger partial charge is 0.444 e. The first-order valence-corrected chi connectivity index (χ1v) is 6.63. The van der Waals surface area contributed by atoms with Gasteiger partial charge in [-0.3, -0.25) is 0 Å². The summed E-state index contributed by atoms with van der Waals surface area (Å²) in [5.74, 6) is 0. The molecule has 3 N–H and O–H groups in total. The third kappa shape index (κ3) is 4.90. The molecular weight excluding hydrogens is 287 g/mol. The molecule has 0 bridgehead atoms. The number of benzene rings is 1. The van der Waals surface area contributed by atoms with Crippen molar-refractivity contribution in [2.75, 3.05) is 6.54 Å². The number of alkyl carbamates (subject to hydrolysis) is 1. The van der Waals surface area contributed by atoms with Crippen LogP contribution < -0.4 is 11.1 Å². The molecule has 106 valence electrons. The maximum atomic E-state index is 11.7. The monoisotopic (exact) mass is 304 g/mol. The first-order chi connectivity index (χ1) is 8.74. The molecule has 0 saturated heterocycles. The minimum Gasteiger partial charge on any atom is -0.444 e. The Hall–Kier alpha value is -0.970. The highest BCUT2D eigenvalue weighted by Gasteiger charge is 2.22. The molecule has 0 aliphatic heterocycles. The van der Waals surface area contributed by atoms with E-state index in [4.69, 9.17) is 33.7 Å². The van der Waals surface area contributed by atoms with Crippen molar-refractivity contribution in [3.8, 4) is 0 Å². The molecule has 19 heavy (non-hydrogen) atoms. The lowest BCUT2D eigenvalue weighted by Gasteiger charge is -2.24. The summed E-state index contributed by atoms with van der Waals surface area (Å²) in [6.45, 7) is 5.52. The van der Waals surface area contributed by atoms with Gasteiger partial charge in [-0.1, -0.05) is 29.3 Å². The maximum Gasteiger partial charge on any atom is 0.408 e. The van der Waals surface area contributed by atoms with Gasteiger partial charge in [-0.15, -0.1) is 0 Å². The fourth-order valence-electron chi connectivity index (χ4n) is 1.54. The van der Waals surface area contributed by atoms with Gasteiger partial charge in [-0.2, -0.15) is 0 Å². The number of rotatable bonds is 3. The van der Waals surface area contributed by atoms with E-state index in [-0.39, 0.29) is 6.54 Å². The van der Waals surface area contributed by atoms with Crippen LogP contribution in [0.3, 0.4) is 0 Å². The van der Waals surface area contributed by atoms with Gasteiger partial charge in [0.25, 0.3) is 0 Å². The molecule has 1 aromatic rings. The van der Waals surface area contributed by atoms with Crippen molar-refractivity contribution in [2.24, 2.45) is 5.73 Å². The highest BCUT2D eigenvalue weighted by atomic mass is 35.5. The zero-order chi connectivity index (χ0) is 14.6. The van der Waals surface area contributed by atoms with Crippen molar-refractivity contribution in [3.63, 3.8) is 0 Å². The number of ether oxygens (including phenoxy) is 1. The molecule has 0 aromatic heterocycles. The van der Waals surface area contributed by atoms with Crippen LogP contribution in [0.2, 0.25) is 10.0 Å². The number of hydrogen-bond acceptors (Lipinski definition) is 3. The molecule has 1 unspecified atom stereocenters. The van der Waals surface area contributed by atoms with Gasteiger partial charge in [0.1, 0.15) is 5.60 Å². The summed E-state index contributed by atoms with van der Waals surface area (Å²) in [5, 5.41) is 3.58. The van der Waals surface area contributed by atoms with Crippen LogP contribution in [0.25, 0.3) is 0 Å². The highest BCUT2D eigenvalue weighted by molar-refractivity contribution is 6.36. The number of carbonyl (C=O) groups excluding carboxylic acids is 1. The Kier molecular flexibility index (Phi) is 5.47. The normalized spacial score (nSPS) is 12.9. The zero-order valence-corrected chi connectivity index (χ0v) is 12.7. The van der Waals surface area contributed by atoms with Crippen LogP contribution in [0.5, 0.6) is 0 Å². The Balaban J connectivity index is 2.87. The van der Waals surface area contributed by atoms with E-state index in [1.54, 1.807) is 39.0 Å². The van der Waals surface area contributed by atoms with Crippen LogP contribution in [0.1, 0.15) is 32.4 Å². The molecule has 0 aliphatic carbocycles. The van der Waals surface area contributed by atoms with Gasteiger partial charge < -0.3 is 15.8 Å². The fraction of sp³-hybridized carbons (Fsp3) is 0.462. The lowest BCUT2D eigenvalue weighted by atomic mass is 10.1. The van der Waals surface area contributed by atoms with Gasteiger partial charge in [0.05, 0.1) is 6.04 Å². The molecule has 1 atom stereocenters. The van der Waals surface area contributed by atoms with Gasteiger partial charge in [-0.05, 0) is 32.9 Å². The van der Waals surface area contributed by atoms with E-state index in [0.717, 1.165) is 0 Å². The lowest BCUT2D eigenvalue weighted by molar-refractivity contribution is 0.0505. The SMILES string of the molecule is CC(C)(C)OC(=O)NC(CN)c1c(Cl)cccc1Cl. The first kappa shape index (κ1) is 16.1. The molecule has 1 amide bonds. The summed E-state index contributed by atoms with van der Waals surface area (Å²) >= 11 is 12.2. The smallest absolute Gasteiger partial charge is 0.408 e. The number of nitrogens with one attached hydrogen (secondary N) is 1. The van der Waals surface area contributed by atoms with Crippen LogP contribution in [0, 0.1) is 0 Å². The summed E-state index contributed by atoms with van der Waals surface area (Å²) < 4.78 is 5.18. The molecule has 0 radical (unpaired) electrons. The predicted molar refractivity (Wildman–Crippen MR) is 77.6 cm³/mol. The van der Waals surface area contributed by atoms with E-state index in [0.29, 0.717) is 15.6 Å². The standard InChI is InChI=1S/C13H18Cl2N2O2/c1-13(2,3)19-12(18)17-10(7-16)11-8(14)5-4-6-9(11)15/h4-6,10H,7,16H2,1-3H3,(H,17,18). The van der Waals surface area contributed by atoms with Gasteiger partial charge in [0, 0.05) is 22.2 Å². The molecule has 1 aromatic carbocycles. The van der Waals surface area contributed by atoms with Gasteiger partial charge >= 0.3 is 6.09 Å². The van der Waals surface area contributed by atoms with Gasteiger partial charge in [0.15, 0.2) is 0 Å². The van der Waals surface area contributed by atoms with E-state index in [1.165, 1.54) is 0 Å². The number of halogens is 2. The highest BCUT2D eigenvalue weighted by Crippen LogP contribution is 2.30. The summed E-state index contributed by atoms with van der Waals surface area (Å²) in [5.41, 5.74) is 5.69. The molecular formula is C13H18Cl2N2O2. The summed E-state index contributed by atoms with van der Waals surface area (Å²) in [4.78, 5) is 11.7. The van der Waals surface area contributed by atoms with Crippen LogP contribution in [0.15, 0.2) is 18.2 Å². The van der Waals surface area contributed by atoms with Gasteiger partial charge in [0.2, 0.25) is 0 Å². The van der Waals surface area contributed by atoms with Crippen LogP contribution in [-0.4, -0.2) is 18.2 Å². The molecule has 0 aliphatic rings. The van der Waals surface area contributed by atoms with E-state index in [2.05, 4.69) is 5.32 Å². The Morgan fingerprint density at radius 3 is 2.32 bits per heavy atom. The van der Waals surface area contributed by atoms with E-state index >= 15 is 0 Å². The fourth-order valence-corrected chi connectivity index (χ4v) is 2.20. The third-order valence-corrected chi connectivity index (χ3v) is 2.93. The van der Waals surface area contributed by atoms with E-state index < -0.39 is 17.7 Å². The minimum atomic E-state index is -0.576. The molecule has 0 spiro atoms. The van der Waals surface area contributed by atoms with Crippen molar-refractivity contribution >= 4 is 29.3 Å². The summed E-state index contributed by atoms with van der Waals surface area (Å²) in [7, 11) is 0. The Morgan fingerprint density at radius 2 is 1.89 bits per heavy atom. The van der Waals surface area contributed by atoms with Crippen LogP contribution in [0.4, 0.5) is 4.79 Å². The summed E-state index contributed by atoms with van der Waals surface area (Å²) in [6.07, 6.45) is -0.557. The van der Waals surface area contributed by atoms with Crippen LogP contribution in [-0.2, 0) is 4.74 Å². The molecule has 4 nitrogen and oxygen atoms in total. The zero-order valence-electron chi connectivity index (χ0n) is 11.2. The minimum absolute atomic E-state index is 0.169. The van der Waals surface area contributed by atoms with Crippen molar-refractivity contribution in [3.05, 3.63) is 33.8 Å². The van der Waals surface area contributed by atoms with Gasteiger partial charge in [-0.25, -0.2) is 4.79 Å². The van der Waals surface area contributed by atoms with Crippen molar-refractivity contribution < 1.29 is 9.53 Å². The quantitative estimate of drug-likeness (QED) is 0.898. The second kappa shape index (κ2) is 6.46. The van der Waals surface area contributed by atoms with E-state index in [1.807, 2.05) is 0 Å². The Bertz CT molecular complexity index is 438. The number of hydrogen-bond donors (Lipinski definition) is 2. The number of amides is 1. The predicted octanol–water partition coefficient (Wildman–Crippen LogP) is 3.52. The van der Waals surface area contributed by atoms with Crippen LogP contribution >= 0.6 is 23.2 Å². The average molecular weight is 305 g/mol. The van der Waals surface area contributed by atoms with Crippen molar-refractivity contribution in [2.45, 2.75) is 32.4 Å². The second-order valence-electron chi connectivity index (χ2n) is 5.07. The number of carbonyl (C=O) groups is 1. The molecule has 0 fully saturated rings. The third-order valence-electron chi connectivity index (χ3n) is 2.27. The molecule has 0 heterocycles. The molecule has 1 rings (SSSR count). The second-order valence-corrected chi connectivity index (χ2v) is 5.88. The summed E-state index contributed by atoms with van der Waals surface area (Å²) in [6, 6.07) is 4.63. The molecule has 0 saturated carbocycles. The molecule has 6 heteroatoms. The lowest BCUT2D eigenvalue weighted by Crippen LogP contribution is -2.38. The topological polar surface area (TPSA) is 64.3 Å². The Morgan fingerprint density at radius 1 is 1.37 bits per heavy atom. The number of nitrogens with two attached hydrogens (primary N) is 1.